The largest absolute Gasteiger partial charge is 0.376 e. The summed E-state index contributed by atoms with van der Waals surface area (Å²) in [6.07, 6.45) is 0. The molecule has 0 spiro atoms. The van der Waals surface area contributed by atoms with Gasteiger partial charge in [0.05, 0.1) is 19.1 Å². The van der Waals surface area contributed by atoms with E-state index in [1.165, 1.54) is 0 Å². The van der Waals surface area contributed by atoms with Crippen LogP contribution in [0.2, 0.25) is 0 Å². The highest BCUT2D eigenvalue weighted by molar-refractivity contribution is 5.76. The van der Waals surface area contributed by atoms with Gasteiger partial charge in [0.25, 0.3) is 0 Å². The first-order valence-electron chi connectivity index (χ1n) is 4.61. The predicted molar refractivity (Wildman–Crippen MR) is 54.5 cm³/mol. The molecule has 3 heteroatoms. The lowest BCUT2D eigenvalue weighted by Crippen LogP contribution is -2.24. The predicted octanol–water partition coefficient (Wildman–Crippen LogP) is 1.32. The first-order chi connectivity index (χ1) is 6.70. The van der Waals surface area contributed by atoms with E-state index < -0.39 is 0 Å². The van der Waals surface area contributed by atoms with Crippen molar-refractivity contribution in [2.24, 2.45) is 11.7 Å². The third-order valence-electron chi connectivity index (χ3n) is 1.97. The Morgan fingerprint density at radius 2 is 2.07 bits per heavy atom. The fourth-order valence-electron chi connectivity index (χ4n) is 1.01. The molecule has 0 heterocycles. The number of carbonyl (C=O) groups is 1. The van der Waals surface area contributed by atoms with Crippen molar-refractivity contribution < 1.29 is 9.53 Å². The lowest BCUT2D eigenvalue weighted by Gasteiger charge is -2.07. The van der Waals surface area contributed by atoms with Crippen molar-refractivity contribution in [1.82, 2.24) is 0 Å². The number of benzene rings is 1. The van der Waals surface area contributed by atoms with Crippen LogP contribution < -0.4 is 5.73 Å². The normalized spacial score (nSPS) is 12.4. The number of hydrogen-bond acceptors (Lipinski definition) is 2. The molecule has 1 aromatic rings. The summed E-state index contributed by atoms with van der Waals surface area (Å²) in [5, 5.41) is 0. The van der Waals surface area contributed by atoms with E-state index in [0.717, 1.165) is 5.56 Å². The van der Waals surface area contributed by atoms with E-state index in [1.54, 1.807) is 6.92 Å². The third kappa shape index (κ3) is 3.58. The van der Waals surface area contributed by atoms with Crippen molar-refractivity contribution >= 4 is 5.91 Å². The smallest absolute Gasteiger partial charge is 0.222 e. The monoisotopic (exact) mass is 193 g/mol. The van der Waals surface area contributed by atoms with Crippen molar-refractivity contribution in [3.05, 3.63) is 35.9 Å². The molecule has 3 nitrogen and oxygen atoms in total. The zero-order valence-corrected chi connectivity index (χ0v) is 8.27. The molecule has 76 valence electrons. The summed E-state index contributed by atoms with van der Waals surface area (Å²) in [4.78, 5) is 10.7. The second-order valence-corrected chi connectivity index (χ2v) is 3.30. The lowest BCUT2D eigenvalue weighted by molar-refractivity contribution is -0.123. The number of ether oxygens (including phenoxy) is 1. The summed E-state index contributed by atoms with van der Waals surface area (Å²) in [6, 6.07) is 9.83. The summed E-state index contributed by atoms with van der Waals surface area (Å²) in [6.45, 7) is 2.66. The standard InChI is InChI=1S/C11H15NO2/c1-9(11(12)13)7-14-8-10-5-3-2-4-6-10/h2-6,9H,7-8H2,1H3,(H2,12,13). The molecule has 0 bridgehead atoms. The van der Waals surface area contributed by atoms with E-state index in [0.29, 0.717) is 13.2 Å². The highest BCUT2D eigenvalue weighted by Gasteiger charge is 2.07. The SMILES string of the molecule is CC(COCc1ccccc1)C(N)=O. The van der Waals surface area contributed by atoms with Gasteiger partial charge in [0.15, 0.2) is 0 Å². The van der Waals surface area contributed by atoms with Crippen LogP contribution in [0.1, 0.15) is 12.5 Å². The average Bonchev–Trinajstić information content (AvgIpc) is 2.19. The summed E-state index contributed by atoms with van der Waals surface area (Å²) >= 11 is 0. The van der Waals surface area contributed by atoms with Crippen LogP contribution in [0.15, 0.2) is 30.3 Å². The Bertz CT molecular complexity index is 285. The van der Waals surface area contributed by atoms with Crippen LogP contribution >= 0.6 is 0 Å². The zero-order chi connectivity index (χ0) is 10.4. The number of hydrogen-bond donors (Lipinski definition) is 1. The van der Waals surface area contributed by atoms with E-state index in [2.05, 4.69) is 0 Å². The minimum atomic E-state index is -0.321. The van der Waals surface area contributed by atoms with Crippen LogP contribution in [-0.4, -0.2) is 12.5 Å². The maximum absolute atomic E-state index is 10.7. The maximum Gasteiger partial charge on any atom is 0.222 e. The Morgan fingerprint density at radius 1 is 1.43 bits per heavy atom. The van der Waals surface area contributed by atoms with Crippen molar-refractivity contribution in [1.29, 1.82) is 0 Å². The van der Waals surface area contributed by atoms with Gasteiger partial charge in [-0.2, -0.15) is 0 Å². The Balaban J connectivity index is 2.26. The van der Waals surface area contributed by atoms with E-state index >= 15 is 0 Å². The first kappa shape index (κ1) is 10.7. The fourth-order valence-corrected chi connectivity index (χ4v) is 1.01. The van der Waals surface area contributed by atoms with Crippen LogP contribution in [0.4, 0.5) is 0 Å². The average molecular weight is 193 g/mol. The topological polar surface area (TPSA) is 52.3 Å². The second kappa shape index (κ2) is 5.40. The Hall–Kier alpha value is -1.35. The molecule has 1 amide bonds. The van der Waals surface area contributed by atoms with Crippen LogP contribution in [0.5, 0.6) is 0 Å². The van der Waals surface area contributed by atoms with Crippen molar-refractivity contribution in [2.45, 2.75) is 13.5 Å². The second-order valence-electron chi connectivity index (χ2n) is 3.30. The Kier molecular flexibility index (Phi) is 4.13. The van der Waals surface area contributed by atoms with Gasteiger partial charge in [0.1, 0.15) is 0 Å². The van der Waals surface area contributed by atoms with Gasteiger partial charge in [-0.05, 0) is 5.56 Å². The van der Waals surface area contributed by atoms with Gasteiger partial charge < -0.3 is 10.5 Å². The van der Waals surface area contributed by atoms with Gasteiger partial charge in [-0.25, -0.2) is 0 Å². The zero-order valence-electron chi connectivity index (χ0n) is 8.27. The molecular weight excluding hydrogens is 178 g/mol. The van der Waals surface area contributed by atoms with E-state index in [-0.39, 0.29) is 11.8 Å². The van der Waals surface area contributed by atoms with E-state index in [9.17, 15) is 4.79 Å². The molecule has 0 fully saturated rings. The quantitative estimate of drug-likeness (QED) is 0.766. The molecule has 0 aliphatic heterocycles. The van der Waals surface area contributed by atoms with Crippen molar-refractivity contribution in [3.63, 3.8) is 0 Å². The maximum atomic E-state index is 10.7. The molecule has 0 aromatic heterocycles. The van der Waals surface area contributed by atoms with Crippen LogP contribution in [-0.2, 0) is 16.1 Å². The van der Waals surface area contributed by atoms with Gasteiger partial charge in [-0.15, -0.1) is 0 Å². The molecule has 2 N–H and O–H groups in total. The highest BCUT2D eigenvalue weighted by Crippen LogP contribution is 2.02. The number of primary amides is 1. The van der Waals surface area contributed by atoms with E-state index in [1.807, 2.05) is 30.3 Å². The van der Waals surface area contributed by atoms with Crippen LogP contribution in [0.3, 0.4) is 0 Å². The number of amides is 1. The van der Waals surface area contributed by atoms with Gasteiger partial charge in [0, 0.05) is 0 Å². The molecule has 0 saturated heterocycles. The van der Waals surface area contributed by atoms with Gasteiger partial charge in [-0.1, -0.05) is 37.3 Å². The molecule has 1 rings (SSSR count). The lowest BCUT2D eigenvalue weighted by atomic mass is 10.2. The summed E-state index contributed by atoms with van der Waals surface area (Å²) in [5.74, 6) is -0.545. The summed E-state index contributed by atoms with van der Waals surface area (Å²) in [7, 11) is 0. The molecular formula is C11H15NO2. The van der Waals surface area contributed by atoms with Crippen molar-refractivity contribution in [3.8, 4) is 0 Å². The van der Waals surface area contributed by atoms with E-state index in [4.69, 9.17) is 10.5 Å². The van der Waals surface area contributed by atoms with Gasteiger partial charge in [-0.3, -0.25) is 4.79 Å². The Morgan fingerprint density at radius 3 is 2.64 bits per heavy atom. The Labute approximate surface area is 83.9 Å². The molecule has 1 atom stereocenters. The molecule has 0 aliphatic rings. The number of nitrogens with two attached hydrogens (primary N) is 1. The fraction of sp³-hybridized carbons (Fsp3) is 0.364. The van der Waals surface area contributed by atoms with Crippen molar-refractivity contribution in [2.75, 3.05) is 6.61 Å². The molecule has 0 saturated carbocycles. The van der Waals surface area contributed by atoms with Crippen LogP contribution in [0, 0.1) is 5.92 Å². The highest BCUT2D eigenvalue weighted by atomic mass is 16.5. The molecule has 0 radical (unpaired) electrons. The summed E-state index contributed by atoms with van der Waals surface area (Å²) < 4.78 is 5.34. The van der Waals surface area contributed by atoms with Gasteiger partial charge in [0.2, 0.25) is 5.91 Å². The van der Waals surface area contributed by atoms with Gasteiger partial charge >= 0.3 is 0 Å². The summed E-state index contributed by atoms with van der Waals surface area (Å²) in [5.41, 5.74) is 6.20. The molecule has 14 heavy (non-hydrogen) atoms. The first-order valence-corrected chi connectivity index (χ1v) is 4.61. The number of carbonyl (C=O) groups excluding carboxylic acids is 1. The van der Waals surface area contributed by atoms with Crippen LogP contribution in [0.25, 0.3) is 0 Å². The molecule has 1 unspecified atom stereocenters. The third-order valence-corrected chi connectivity index (χ3v) is 1.97. The molecule has 1 aromatic carbocycles. The minimum Gasteiger partial charge on any atom is -0.376 e. The molecule has 0 aliphatic carbocycles. The number of rotatable bonds is 5. The minimum absolute atomic E-state index is 0.223.